The van der Waals surface area contributed by atoms with E-state index < -0.39 is 13.3 Å². The van der Waals surface area contributed by atoms with E-state index in [2.05, 4.69) is 0 Å². The zero-order chi connectivity index (χ0) is 10.6. The van der Waals surface area contributed by atoms with Crippen LogP contribution in [0, 0.1) is 0 Å². The molecule has 0 amide bonds. The molecule has 1 unspecified atom stereocenters. The Kier molecular flexibility index (Phi) is 3.64. The fourth-order valence-electron chi connectivity index (χ4n) is 1.25. The molecule has 0 bridgehead atoms. The highest BCUT2D eigenvalue weighted by atomic mass is 31.2. The highest BCUT2D eigenvalue weighted by Crippen LogP contribution is 2.52. The zero-order valence-electron chi connectivity index (χ0n) is 7.87. The lowest BCUT2D eigenvalue weighted by atomic mass is 10.1. The minimum atomic E-state index is -4.10. The van der Waals surface area contributed by atoms with E-state index in [-0.39, 0.29) is 0 Å². The monoisotopic (exact) mass is 212 g/mol. The number of allylic oxidation sites excluding steroid dienone is 2. The lowest BCUT2D eigenvalue weighted by Crippen LogP contribution is -1.95. The maximum absolute atomic E-state index is 11.2. The van der Waals surface area contributed by atoms with E-state index in [1.165, 1.54) is 6.08 Å². The lowest BCUT2D eigenvalue weighted by molar-refractivity contribution is 0.366. The molecule has 0 saturated carbocycles. The summed E-state index contributed by atoms with van der Waals surface area (Å²) in [5.74, 6) is 0. The first-order valence-corrected chi connectivity index (χ1v) is 5.97. The van der Waals surface area contributed by atoms with Gasteiger partial charge in [0.2, 0.25) is 0 Å². The van der Waals surface area contributed by atoms with Crippen LogP contribution in [-0.2, 0) is 4.57 Å². The van der Waals surface area contributed by atoms with Crippen molar-refractivity contribution in [1.82, 2.24) is 0 Å². The Bertz CT molecular complexity index is 353. The Morgan fingerprint density at radius 2 is 1.86 bits per heavy atom. The first-order chi connectivity index (χ1) is 6.55. The summed E-state index contributed by atoms with van der Waals surface area (Å²) in [5, 5.41) is 0. The molecule has 3 nitrogen and oxygen atoms in total. The third-order valence-corrected chi connectivity index (χ3v) is 3.07. The zero-order valence-corrected chi connectivity index (χ0v) is 8.76. The molecule has 0 heterocycles. The second kappa shape index (κ2) is 4.56. The number of rotatable bonds is 3. The van der Waals surface area contributed by atoms with Gasteiger partial charge in [0.15, 0.2) is 0 Å². The molecule has 1 rings (SSSR count). The largest absolute Gasteiger partial charge is 0.336 e. The Morgan fingerprint density at radius 3 is 2.29 bits per heavy atom. The molecule has 0 aliphatic rings. The summed E-state index contributed by atoms with van der Waals surface area (Å²) in [6, 6.07) is 8.77. The molecule has 0 aromatic heterocycles. The highest BCUT2D eigenvalue weighted by molar-refractivity contribution is 7.52. The van der Waals surface area contributed by atoms with Gasteiger partial charge < -0.3 is 9.79 Å². The van der Waals surface area contributed by atoms with Crippen LogP contribution in [0.25, 0.3) is 0 Å². The van der Waals surface area contributed by atoms with Gasteiger partial charge in [-0.25, -0.2) is 0 Å². The average molecular weight is 212 g/mol. The summed E-state index contributed by atoms with van der Waals surface area (Å²) in [6.45, 7) is 1.74. The van der Waals surface area contributed by atoms with E-state index in [0.717, 1.165) is 0 Å². The van der Waals surface area contributed by atoms with Crippen molar-refractivity contribution >= 4 is 7.60 Å². The second-order valence-corrected chi connectivity index (χ2v) is 4.70. The molecular formula is C10H13O3P. The van der Waals surface area contributed by atoms with Gasteiger partial charge in [-0.05, 0) is 12.5 Å². The summed E-state index contributed by atoms with van der Waals surface area (Å²) in [4.78, 5) is 18.2. The molecule has 14 heavy (non-hydrogen) atoms. The molecule has 0 fully saturated rings. The Hall–Kier alpha value is -0.890. The summed E-state index contributed by atoms with van der Waals surface area (Å²) in [5.41, 5.74) is -0.187. The van der Waals surface area contributed by atoms with Gasteiger partial charge in [0.05, 0.1) is 0 Å². The molecule has 0 aliphatic carbocycles. The van der Waals surface area contributed by atoms with Crippen LogP contribution in [-0.4, -0.2) is 9.79 Å². The molecule has 1 aromatic rings. The van der Waals surface area contributed by atoms with E-state index in [0.29, 0.717) is 5.56 Å². The van der Waals surface area contributed by atoms with E-state index in [1.807, 2.05) is 6.07 Å². The van der Waals surface area contributed by atoms with Gasteiger partial charge in [0.1, 0.15) is 5.66 Å². The summed E-state index contributed by atoms with van der Waals surface area (Å²) in [7, 11) is -4.10. The van der Waals surface area contributed by atoms with Gasteiger partial charge in [-0.3, -0.25) is 4.57 Å². The third-order valence-electron chi connectivity index (χ3n) is 1.88. The minimum absolute atomic E-state index is 0.638. The lowest BCUT2D eigenvalue weighted by Gasteiger charge is -2.14. The first-order valence-electron chi connectivity index (χ1n) is 4.28. The van der Waals surface area contributed by atoms with Gasteiger partial charge >= 0.3 is 7.60 Å². The van der Waals surface area contributed by atoms with Crippen LogP contribution >= 0.6 is 7.60 Å². The first kappa shape index (κ1) is 11.2. The van der Waals surface area contributed by atoms with Crippen molar-refractivity contribution in [2.45, 2.75) is 12.6 Å². The van der Waals surface area contributed by atoms with E-state index in [9.17, 15) is 4.57 Å². The van der Waals surface area contributed by atoms with Crippen LogP contribution in [0.1, 0.15) is 18.1 Å². The SMILES string of the molecule is CC=CC(c1ccccc1)P(=O)(O)O. The van der Waals surface area contributed by atoms with Crippen LogP contribution in [0.15, 0.2) is 42.5 Å². The molecule has 76 valence electrons. The Labute approximate surface area is 83.3 Å². The molecule has 0 aliphatic heterocycles. The predicted molar refractivity (Wildman–Crippen MR) is 56.0 cm³/mol. The Morgan fingerprint density at radius 1 is 1.29 bits per heavy atom. The van der Waals surface area contributed by atoms with Crippen molar-refractivity contribution in [3.63, 3.8) is 0 Å². The maximum atomic E-state index is 11.2. The van der Waals surface area contributed by atoms with Crippen molar-refractivity contribution in [1.29, 1.82) is 0 Å². The third kappa shape index (κ3) is 2.81. The molecular weight excluding hydrogens is 199 g/mol. The number of hydrogen-bond acceptors (Lipinski definition) is 1. The topological polar surface area (TPSA) is 57.5 Å². The van der Waals surface area contributed by atoms with Crippen molar-refractivity contribution in [3.8, 4) is 0 Å². The van der Waals surface area contributed by atoms with E-state index in [4.69, 9.17) is 9.79 Å². The summed E-state index contributed by atoms with van der Waals surface area (Å²) >= 11 is 0. The van der Waals surface area contributed by atoms with Crippen LogP contribution < -0.4 is 0 Å². The van der Waals surface area contributed by atoms with Gasteiger partial charge in [-0.2, -0.15) is 0 Å². The highest BCUT2D eigenvalue weighted by Gasteiger charge is 2.27. The molecule has 2 N–H and O–H groups in total. The number of hydrogen-bond donors (Lipinski definition) is 2. The number of benzene rings is 1. The summed E-state index contributed by atoms with van der Waals surface area (Å²) < 4.78 is 11.2. The molecule has 0 spiro atoms. The van der Waals surface area contributed by atoms with Crippen LogP contribution in [0.2, 0.25) is 0 Å². The van der Waals surface area contributed by atoms with Gasteiger partial charge in [-0.1, -0.05) is 42.5 Å². The van der Waals surface area contributed by atoms with Crippen LogP contribution in [0.3, 0.4) is 0 Å². The maximum Gasteiger partial charge on any atom is 0.336 e. The van der Waals surface area contributed by atoms with Crippen LogP contribution in [0.4, 0.5) is 0 Å². The normalized spacial score (nSPS) is 14.5. The molecule has 1 atom stereocenters. The minimum Gasteiger partial charge on any atom is -0.324 e. The fraction of sp³-hybridized carbons (Fsp3) is 0.200. The van der Waals surface area contributed by atoms with Crippen LogP contribution in [0.5, 0.6) is 0 Å². The van der Waals surface area contributed by atoms with E-state index in [1.54, 1.807) is 37.3 Å². The average Bonchev–Trinajstić information content (AvgIpc) is 2.14. The van der Waals surface area contributed by atoms with Gasteiger partial charge in [-0.15, -0.1) is 0 Å². The summed E-state index contributed by atoms with van der Waals surface area (Å²) in [6.07, 6.45) is 3.17. The fourth-order valence-corrected chi connectivity index (χ4v) is 2.21. The van der Waals surface area contributed by atoms with Gasteiger partial charge in [0.25, 0.3) is 0 Å². The smallest absolute Gasteiger partial charge is 0.324 e. The van der Waals surface area contributed by atoms with Crippen molar-refractivity contribution in [2.24, 2.45) is 0 Å². The predicted octanol–water partition coefficient (Wildman–Crippen LogP) is 2.48. The van der Waals surface area contributed by atoms with Crippen molar-refractivity contribution in [3.05, 3.63) is 48.0 Å². The molecule has 4 heteroatoms. The quantitative estimate of drug-likeness (QED) is 0.597. The van der Waals surface area contributed by atoms with Crippen molar-refractivity contribution < 1.29 is 14.4 Å². The van der Waals surface area contributed by atoms with E-state index >= 15 is 0 Å². The van der Waals surface area contributed by atoms with Gasteiger partial charge in [0, 0.05) is 0 Å². The molecule has 1 aromatic carbocycles. The molecule has 0 radical (unpaired) electrons. The van der Waals surface area contributed by atoms with Crippen molar-refractivity contribution in [2.75, 3.05) is 0 Å². The second-order valence-electron chi connectivity index (χ2n) is 2.97. The molecule has 0 saturated heterocycles. The standard InChI is InChI=1S/C10H13O3P/c1-2-6-10(14(11,12)13)9-7-4-3-5-8-9/h2-8,10H,1H3,(H2,11,12,13). The Balaban J connectivity index is 3.08.